The first-order chi connectivity index (χ1) is 5.63. The second kappa shape index (κ2) is 4.60. The number of halogens is 2. The van der Waals surface area contributed by atoms with E-state index in [0.717, 1.165) is 25.7 Å². The van der Waals surface area contributed by atoms with Gasteiger partial charge in [-0.05, 0) is 12.8 Å². The van der Waals surface area contributed by atoms with E-state index in [1.165, 1.54) is 0 Å². The van der Waals surface area contributed by atoms with Gasteiger partial charge in [0, 0.05) is 23.6 Å². The van der Waals surface area contributed by atoms with E-state index < -0.39 is 0 Å². The summed E-state index contributed by atoms with van der Waals surface area (Å²) >= 11 is 10.8. The monoisotopic (exact) mass is 214 g/mol. The van der Waals surface area contributed by atoms with Crippen molar-refractivity contribution < 1.29 is 10.4 Å². The lowest BCUT2D eigenvalue weighted by Crippen LogP contribution is -2.45. The number of hydrogen-bond donors (Lipinski definition) is 2. The molecule has 12 heavy (non-hydrogen) atoms. The molecule has 0 bridgehead atoms. The Morgan fingerprint density at radius 3 is 1.50 bits per heavy atom. The standard InChI is InChI=1S/C6H12Cl2N2O2/c7-9(11)5-3-1-2-4-6(5)10(8)12/h5-6,11-12H,1-4H2/t5-,6?/m1/s1. The molecule has 1 aliphatic carbocycles. The van der Waals surface area contributed by atoms with Crippen molar-refractivity contribution in [1.29, 1.82) is 0 Å². The maximum atomic E-state index is 9.00. The number of hydrogen-bond acceptors (Lipinski definition) is 4. The minimum atomic E-state index is -0.289. The van der Waals surface area contributed by atoms with Crippen molar-refractivity contribution in [3.8, 4) is 0 Å². The van der Waals surface area contributed by atoms with Gasteiger partial charge in [0.1, 0.15) is 0 Å². The average molecular weight is 215 g/mol. The van der Waals surface area contributed by atoms with Crippen LogP contribution in [0.3, 0.4) is 0 Å². The zero-order valence-electron chi connectivity index (χ0n) is 6.53. The highest BCUT2D eigenvalue weighted by molar-refractivity contribution is 6.13. The summed E-state index contributed by atoms with van der Waals surface area (Å²) in [6, 6.07) is -0.578. The van der Waals surface area contributed by atoms with Crippen LogP contribution in [0.5, 0.6) is 0 Å². The Kier molecular flexibility index (Phi) is 4.02. The predicted molar refractivity (Wildman–Crippen MR) is 45.0 cm³/mol. The van der Waals surface area contributed by atoms with Gasteiger partial charge in [0.15, 0.2) is 0 Å². The Morgan fingerprint density at radius 2 is 1.25 bits per heavy atom. The van der Waals surface area contributed by atoms with Crippen molar-refractivity contribution in [1.82, 2.24) is 9.16 Å². The van der Waals surface area contributed by atoms with E-state index in [1.807, 2.05) is 0 Å². The summed E-state index contributed by atoms with van der Waals surface area (Å²) < 4.78 is 1.21. The highest BCUT2D eigenvalue weighted by Gasteiger charge is 2.32. The van der Waals surface area contributed by atoms with Crippen LogP contribution in [-0.2, 0) is 0 Å². The van der Waals surface area contributed by atoms with Crippen LogP contribution in [0.15, 0.2) is 0 Å². The second-order valence-corrected chi connectivity index (χ2v) is 3.69. The highest BCUT2D eigenvalue weighted by atomic mass is 35.5. The lowest BCUT2D eigenvalue weighted by atomic mass is 9.91. The van der Waals surface area contributed by atoms with E-state index in [4.69, 9.17) is 34.0 Å². The van der Waals surface area contributed by atoms with E-state index in [2.05, 4.69) is 0 Å². The smallest absolute Gasteiger partial charge is 0.0710 e. The SMILES string of the molecule is ON(Cl)C1CCCC[C@H]1N(O)Cl. The van der Waals surface area contributed by atoms with Gasteiger partial charge in [-0.1, -0.05) is 22.0 Å². The van der Waals surface area contributed by atoms with Gasteiger partial charge >= 0.3 is 0 Å². The number of hydroxylamine groups is 2. The molecule has 2 atom stereocenters. The van der Waals surface area contributed by atoms with Crippen molar-refractivity contribution in [3.63, 3.8) is 0 Å². The molecule has 1 saturated carbocycles. The van der Waals surface area contributed by atoms with E-state index in [-0.39, 0.29) is 12.1 Å². The summed E-state index contributed by atoms with van der Waals surface area (Å²) in [6.07, 6.45) is 3.48. The minimum Gasteiger partial charge on any atom is -0.298 e. The van der Waals surface area contributed by atoms with Crippen LogP contribution in [0, 0.1) is 0 Å². The van der Waals surface area contributed by atoms with E-state index in [0.29, 0.717) is 9.16 Å². The summed E-state index contributed by atoms with van der Waals surface area (Å²) in [5, 5.41) is 18.0. The molecular weight excluding hydrogens is 203 g/mol. The fourth-order valence-electron chi connectivity index (χ4n) is 1.59. The summed E-state index contributed by atoms with van der Waals surface area (Å²) in [5.41, 5.74) is 0. The quantitative estimate of drug-likeness (QED) is 0.546. The Labute approximate surface area is 81.4 Å². The molecule has 2 N–H and O–H groups in total. The second-order valence-electron chi connectivity index (χ2n) is 3.00. The minimum absolute atomic E-state index is 0.289. The van der Waals surface area contributed by atoms with Crippen LogP contribution in [0.4, 0.5) is 0 Å². The topological polar surface area (TPSA) is 46.9 Å². The van der Waals surface area contributed by atoms with Crippen LogP contribution in [0.1, 0.15) is 25.7 Å². The van der Waals surface area contributed by atoms with Gasteiger partial charge in [-0.3, -0.25) is 10.4 Å². The molecule has 6 heteroatoms. The Hall–Kier alpha value is 0.420. The van der Waals surface area contributed by atoms with Crippen LogP contribution in [0.2, 0.25) is 0 Å². The van der Waals surface area contributed by atoms with Gasteiger partial charge in [0.2, 0.25) is 0 Å². The van der Waals surface area contributed by atoms with Crippen molar-refractivity contribution in [2.45, 2.75) is 37.8 Å². The molecule has 1 unspecified atom stereocenters. The summed E-state index contributed by atoms with van der Waals surface area (Å²) in [5.74, 6) is 0. The van der Waals surface area contributed by atoms with Gasteiger partial charge in [0.25, 0.3) is 0 Å². The van der Waals surface area contributed by atoms with Gasteiger partial charge < -0.3 is 0 Å². The van der Waals surface area contributed by atoms with Gasteiger partial charge in [-0.15, -0.1) is 0 Å². The predicted octanol–water partition coefficient (Wildman–Crippen LogP) is 1.99. The molecule has 0 aromatic rings. The van der Waals surface area contributed by atoms with E-state index >= 15 is 0 Å². The molecule has 0 saturated heterocycles. The van der Waals surface area contributed by atoms with E-state index in [1.54, 1.807) is 0 Å². The largest absolute Gasteiger partial charge is 0.298 e. The van der Waals surface area contributed by atoms with Crippen molar-refractivity contribution in [3.05, 3.63) is 0 Å². The first-order valence-corrected chi connectivity index (χ1v) is 4.58. The molecule has 0 spiro atoms. The van der Waals surface area contributed by atoms with Gasteiger partial charge in [-0.2, -0.15) is 0 Å². The fraction of sp³-hybridized carbons (Fsp3) is 1.00. The molecule has 0 amide bonds. The third-order valence-electron chi connectivity index (χ3n) is 2.24. The maximum Gasteiger partial charge on any atom is 0.0710 e. The lowest BCUT2D eigenvalue weighted by molar-refractivity contribution is -0.122. The zero-order chi connectivity index (χ0) is 9.14. The molecule has 1 fully saturated rings. The molecule has 72 valence electrons. The Balaban J connectivity index is 2.54. The third-order valence-corrected chi connectivity index (χ3v) is 2.74. The van der Waals surface area contributed by atoms with Crippen molar-refractivity contribution in [2.75, 3.05) is 0 Å². The first kappa shape index (κ1) is 10.5. The Bertz CT molecular complexity index is 130. The summed E-state index contributed by atoms with van der Waals surface area (Å²) in [4.78, 5) is 0. The summed E-state index contributed by atoms with van der Waals surface area (Å²) in [7, 11) is 0. The molecule has 0 heterocycles. The van der Waals surface area contributed by atoms with Crippen LogP contribution >= 0.6 is 23.6 Å². The molecule has 1 rings (SSSR count). The molecule has 0 radical (unpaired) electrons. The molecule has 0 aromatic carbocycles. The number of nitrogens with zero attached hydrogens (tertiary/aromatic N) is 2. The first-order valence-electron chi connectivity index (χ1n) is 3.90. The average Bonchev–Trinajstić information content (AvgIpc) is 2.04. The molecule has 0 aliphatic heterocycles. The van der Waals surface area contributed by atoms with Crippen LogP contribution in [-0.4, -0.2) is 31.7 Å². The molecule has 1 aliphatic rings. The van der Waals surface area contributed by atoms with Gasteiger partial charge in [0.05, 0.1) is 12.1 Å². The van der Waals surface area contributed by atoms with Crippen molar-refractivity contribution >= 4 is 23.6 Å². The zero-order valence-corrected chi connectivity index (χ0v) is 8.04. The van der Waals surface area contributed by atoms with Crippen LogP contribution in [0.25, 0.3) is 0 Å². The molecular formula is C6H12Cl2N2O2. The summed E-state index contributed by atoms with van der Waals surface area (Å²) in [6.45, 7) is 0. The van der Waals surface area contributed by atoms with Crippen LogP contribution < -0.4 is 0 Å². The third kappa shape index (κ3) is 2.45. The highest BCUT2D eigenvalue weighted by Crippen LogP contribution is 2.27. The normalized spacial score (nSPS) is 31.5. The number of rotatable bonds is 2. The molecule has 4 nitrogen and oxygen atoms in total. The Morgan fingerprint density at radius 1 is 0.917 bits per heavy atom. The lowest BCUT2D eigenvalue weighted by Gasteiger charge is -2.34. The fourth-order valence-corrected chi connectivity index (χ4v) is 2.04. The van der Waals surface area contributed by atoms with Crippen molar-refractivity contribution in [2.24, 2.45) is 0 Å². The molecule has 0 aromatic heterocycles. The maximum absolute atomic E-state index is 9.00. The van der Waals surface area contributed by atoms with E-state index in [9.17, 15) is 0 Å². The van der Waals surface area contributed by atoms with Gasteiger partial charge in [-0.25, -0.2) is 0 Å².